The summed E-state index contributed by atoms with van der Waals surface area (Å²) in [6.07, 6.45) is -0.633. The van der Waals surface area contributed by atoms with Gasteiger partial charge in [0, 0.05) is 24.0 Å². The topological polar surface area (TPSA) is 286 Å². The van der Waals surface area contributed by atoms with Crippen LogP contribution in [-0.2, 0) is 23.8 Å². The zero-order valence-corrected chi connectivity index (χ0v) is 23.0. The minimum Gasteiger partial charge on any atom is -0.478 e. The summed E-state index contributed by atoms with van der Waals surface area (Å²) in [4.78, 5) is 68.6. The summed E-state index contributed by atoms with van der Waals surface area (Å²) in [7, 11) is -3.19. The number of esters is 2. The van der Waals surface area contributed by atoms with Gasteiger partial charge in [-0.25, -0.2) is 19.2 Å². The monoisotopic (exact) mass is 630 g/mol. The number of rotatable bonds is 14. The number of carbonyl (C=O) groups is 6. The largest absolute Gasteiger partial charge is 0.478 e. The van der Waals surface area contributed by atoms with Gasteiger partial charge < -0.3 is 40.1 Å². The maximum atomic E-state index is 11.8. The number of aromatic carboxylic acids is 2. The van der Waals surface area contributed by atoms with Crippen molar-refractivity contribution in [3.05, 3.63) is 63.7 Å². The van der Waals surface area contributed by atoms with E-state index >= 15 is 0 Å². The lowest BCUT2D eigenvalue weighted by Crippen LogP contribution is -2.18. The molecule has 2 aromatic carbocycles. The van der Waals surface area contributed by atoms with Crippen LogP contribution in [0.1, 0.15) is 75.0 Å². The summed E-state index contributed by atoms with van der Waals surface area (Å²) in [5.41, 5.74) is -2.63. The second kappa shape index (κ2) is 16.8. The normalized spacial score (nSPS) is 10.6. The molecule has 0 saturated heterocycles. The van der Waals surface area contributed by atoms with Gasteiger partial charge >= 0.3 is 23.9 Å². The van der Waals surface area contributed by atoms with Crippen molar-refractivity contribution in [2.45, 2.75) is 17.7 Å². The van der Waals surface area contributed by atoms with Crippen LogP contribution in [0.25, 0.3) is 0 Å². The predicted molar refractivity (Wildman–Crippen MR) is 138 cm³/mol. The van der Waals surface area contributed by atoms with Gasteiger partial charge in [-0.3, -0.25) is 13.8 Å². The summed E-state index contributed by atoms with van der Waals surface area (Å²) in [5.74, 6) is -6.73. The number of hydrogen-bond acceptors (Lipinski definition) is 15. The maximum Gasteiger partial charge on any atom is 0.341 e. The van der Waals surface area contributed by atoms with E-state index in [-0.39, 0.29) is 17.5 Å². The molecule has 0 aromatic heterocycles. The second-order valence-electron chi connectivity index (χ2n) is 7.84. The van der Waals surface area contributed by atoms with E-state index in [2.05, 4.69) is 13.7 Å². The molecule has 0 amide bonds. The minimum atomic E-state index is -4.13. The van der Waals surface area contributed by atoms with Crippen molar-refractivity contribution < 1.29 is 81.5 Å². The van der Waals surface area contributed by atoms with Crippen LogP contribution in [0.5, 0.6) is 0 Å². The van der Waals surface area contributed by atoms with E-state index in [9.17, 15) is 37.2 Å². The fourth-order valence-electron chi connectivity index (χ4n) is 3.23. The first-order chi connectivity index (χ1) is 20.2. The molecule has 2 aromatic rings. The van der Waals surface area contributed by atoms with E-state index < -0.39 is 106 Å². The van der Waals surface area contributed by atoms with Gasteiger partial charge in [-0.15, -0.1) is 0 Å². The zero-order valence-electron chi connectivity index (χ0n) is 22.2. The molecule has 0 atom stereocenters. The van der Waals surface area contributed by atoms with Crippen LogP contribution in [0.15, 0.2) is 35.2 Å². The van der Waals surface area contributed by atoms with Crippen LogP contribution in [0, 0.1) is 0 Å². The molecule has 0 radical (unpaired) electrons. The number of hydrogen-bond donors (Lipinski definition) is 6. The first-order valence-corrected chi connectivity index (χ1v) is 13.0. The zero-order chi connectivity index (χ0) is 32.9. The SMILES string of the molecule is COS(=O)(=O)c1cc(C(=O)CCO)cc(C(=O)OCO)c1.O=C(O)c1cc(C(=O)O)c(C(=O)OCO)cc1C(=O)CCO. The Balaban J connectivity index is 0.000000430. The summed E-state index contributed by atoms with van der Waals surface area (Å²) in [6.45, 7) is -2.87. The van der Waals surface area contributed by atoms with Crippen molar-refractivity contribution in [2.75, 3.05) is 33.9 Å². The van der Waals surface area contributed by atoms with E-state index in [1.807, 2.05) is 0 Å². The molecule has 0 aliphatic heterocycles. The molecule has 0 unspecified atom stereocenters. The molecule has 234 valence electrons. The number of ketones is 2. The number of carbonyl (C=O) groups excluding carboxylic acids is 4. The highest BCUT2D eigenvalue weighted by atomic mass is 32.2. The first-order valence-electron chi connectivity index (χ1n) is 11.6. The third-order valence-corrected chi connectivity index (χ3v) is 6.43. The van der Waals surface area contributed by atoms with Crippen LogP contribution in [0.4, 0.5) is 0 Å². The van der Waals surface area contributed by atoms with E-state index in [1.54, 1.807) is 0 Å². The Morgan fingerprint density at radius 3 is 1.58 bits per heavy atom. The van der Waals surface area contributed by atoms with Gasteiger partial charge in [0.25, 0.3) is 10.1 Å². The lowest BCUT2D eigenvalue weighted by Gasteiger charge is -2.10. The van der Waals surface area contributed by atoms with Gasteiger partial charge in [0.1, 0.15) is 0 Å². The molecule has 0 fully saturated rings. The van der Waals surface area contributed by atoms with Gasteiger partial charge in [0.15, 0.2) is 25.2 Å². The van der Waals surface area contributed by atoms with Gasteiger partial charge in [0.2, 0.25) is 0 Å². The lowest BCUT2D eigenvalue weighted by atomic mass is 9.94. The maximum absolute atomic E-state index is 11.8. The smallest absolute Gasteiger partial charge is 0.341 e. The Morgan fingerprint density at radius 1 is 0.628 bits per heavy atom. The average Bonchev–Trinajstić information content (AvgIpc) is 2.96. The highest BCUT2D eigenvalue weighted by molar-refractivity contribution is 7.86. The molecule has 6 N–H and O–H groups in total. The van der Waals surface area contributed by atoms with Crippen LogP contribution in [0.3, 0.4) is 0 Å². The van der Waals surface area contributed by atoms with Gasteiger partial charge in [-0.1, -0.05) is 0 Å². The summed E-state index contributed by atoms with van der Waals surface area (Å²) in [6, 6.07) is 4.54. The molecule has 0 saturated carbocycles. The molecule has 0 aliphatic carbocycles. The second-order valence-corrected chi connectivity index (χ2v) is 9.55. The number of Topliss-reactive ketones (excluding diaryl/α,β-unsaturated/α-hetero) is 2. The molecular formula is C25H26O17S. The average molecular weight is 631 g/mol. The van der Waals surface area contributed by atoms with Crippen molar-refractivity contribution in [2.24, 2.45) is 0 Å². The fraction of sp³-hybridized carbons (Fsp3) is 0.280. The van der Waals surface area contributed by atoms with Crippen molar-refractivity contribution in [3.63, 3.8) is 0 Å². The van der Waals surface area contributed by atoms with Gasteiger partial charge in [-0.2, -0.15) is 8.42 Å². The van der Waals surface area contributed by atoms with E-state index in [0.717, 1.165) is 31.4 Å². The standard InChI is InChI=1S/C13H12O9.C12H14O8S/c14-2-1-10(16)6-3-9(13(21)22-5-15)8(12(19)20)4-7(6)11(17)18;1-19-21(17,18)10-5-8(11(15)2-3-13)4-9(6-10)12(16)20-7-14/h3-4,14-15H,1-2,5H2,(H,17,18)(H,19,20);4-6,13-14H,2-3,7H2,1H3. The van der Waals surface area contributed by atoms with E-state index in [4.69, 9.17) is 30.6 Å². The third-order valence-electron chi connectivity index (χ3n) is 5.18. The van der Waals surface area contributed by atoms with Crippen molar-refractivity contribution in [1.82, 2.24) is 0 Å². The summed E-state index contributed by atoms with van der Waals surface area (Å²) < 4.78 is 36.3. The molecule has 2 rings (SSSR count). The fourth-order valence-corrected chi connectivity index (χ4v) is 3.97. The molecule has 0 heterocycles. The Hall–Kier alpha value is -4.59. The Kier molecular flexibility index (Phi) is 14.2. The van der Waals surface area contributed by atoms with E-state index in [1.165, 1.54) is 0 Å². The number of carboxylic acid groups (broad SMARTS) is 2. The third kappa shape index (κ3) is 10.0. The Morgan fingerprint density at radius 2 is 1.09 bits per heavy atom. The highest BCUT2D eigenvalue weighted by Crippen LogP contribution is 2.21. The predicted octanol–water partition coefficient (Wildman–Crippen LogP) is -0.552. The van der Waals surface area contributed by atoms with Crippen LogP contribution < -0.4 is 0 Å². The number of aliphatic hydroxyl groups excluding tert-OH is 4. The van der Waals surface area contributed by atoms with Crippen LogP contribution in [0.2, 0.25) is 0 Å². The molecule has 17 nitrogen and oxygen atoms in total. The lowest BCUT2D eigenvalue weighted by molar-refractivity contribution is 0.00556. The Bertz CT molecular complexity index is 1410. The number of benzene rings is 2. The van der Waals surface area contributed by atoms with Crippen molar-refractivity contribution in [3.8, 4) is 0 Å². The van der Waals surface area contributed by atoms with Crippen molar-refractivity contribution in [1.29, 1.82) is 0 Å². The molecule has 0 aliphatic rings. The number of aliphatic hydroxyl groups is 4. The number of ether oxygens (including phenoxy) is 2. The number of carboxylic acids is 2. The molecular weight excluding hydrogens is 604 g/mol. The van der Waals surface area contributed by atoms with E-state index in [0.29, 0.717) is 6.07 Å². The van der Waals surface area contributed by atoms with Crippen molar-refractivity contribution >= 4 is 45.6 Å². The van der Waals surface area contributed by atoms with Gasteiger partial charge in [0.05, 0.1) is 47.5 Å². The molecule has 0 bridgehead atoms. The minimum absolute atomic E-state index is 0.0907. The summed E-state index contributed by atoms with van der Waals surface area (Å²) in [5, 5.41) is 52.7. The highest BCUT2D eigenvalue weighted by Gasteiger charge is 2.26. The van der Waals surface area contributed by atoms with Gasteiger partial charge in [-0.05, 0) is 30.3 Å². The summed E-state index contributed by atoms with van der Waals surface area (Å²) >= 11 is 0. The Labute approximate surface area is 242 Å². The molecule has 43 heavy (non-hydrogen) atoms. The van der Waals surface area contributed by atoms with Crippen LogP contribution in [-0.4, -0.2) is 108 Å². The molecule has 18 heteroatoms. The van der Waals surface area contributed by atoms with Crippen LogP contribution >= 0.6 is 0 Å². The molecule has 0 spiro atoms. The first kappa shape index (κ1) is 36.4. The quantitative estimate of drug-likeness (QED) is 0.0660.